The molecule has 0 heterocycles. The van der Waals surface area contributed by atoms with Crippen LogP contribution in [0.3, 0.4) is 0 Å². The molecule has 1 rings (SSSR count). The van der Waals surface area contributed by atoms with Crippen LogP contribution in [-0.2, 0) is 10.3 Å². The SMILES string of the molecule is C=CCC(C)(OC)c1ccccc1. The quantitative estimate of drug-likeness (QED) is 0.640. The van der Waals surface area contributed by atoms with E-state index in [4.69, 9.17) is 4.74 Å². The highest BCUT2D eigenvalue weighted by Gasteiger charge is 2.23. The van der Waals surface area contributed by atoms with Crippen LogP contribution < -0.4 is 0 Å². The van der Waals surface area contributed by atoms with E-state index in [9.17, 15) is 0 Å². The summed E-state index contributed by atoms with van der Waals surface area (Å²) in [5.74, 6) is 0. The Morgan fingerprint density at radius 2 is 2.00 bits per heavy atom. The molecule has 0 bridgehead atoms. The Labute approximate surface area is 80.0 Å². The Morgan fingerprint density at radius 3 is 2.46 bits per heavy atom. The second-order valence-corrected chi connectivity index (χ2v) is 3.29. The summed E-state index contributed by atoms with van der Waals surface area (Å²) in [5, 5.41) is 0. The number of hydrogen-bond donors (Lipinski definition) is 0. The van der Waals surface area contributed by atoms with Gasteiger partial charge in [0.1, 0.15) is 0 Å². The van der Waals surface area contributed by atoms with Crippen molar-refractivity contribution in [3.8, 4) is 0 Å². The highest BCUT2D eigenvalue weighted by Crippen LogP contribution is 2.28. The molecule has 0 aliphatic heterocycles. The zero-order valence-corrected chi connectivity index (χ0v) is 8.29. The first-order valence-electron chi connectivity index (χ1n) is 4.44. The molecule has 0 radical (unpaired) electrons. The molecule has 0 saturated carbocycles. The summed E-state index contributed by atoms with van der Waals surface area (Å²) in [4.78, 5) is 0. The summed E-state index contributed by atoms with van der Waals surface area (Å²) in [6, 6.07) is 10.2. The van der Waals surface area contributed by atoms with Crippen LogP contribution in [0.25, 0.3) is 0 Å². The lowest BCUT2D eigenvalue weighted by atomic mass is 9.92. The molecule has 1 heteroatoms. The minimum absolute atomic E-state index is 0.233. The molecule has 0 aliphatic rings. The minimum Gasteiger partial charge on any atom is -0.373 e. The van der Waals surface area contributed by atoms with E-state index < -0.39 is 0 Å². The third-order valence-electron chi connectivity index (χ3n) is 2.37. The maximum absolute atomic E-state index is 5.49. The maximum Gasteiger partial charge on any atom is 0.0933 e. The number of methoxy groups -OCH3 is 1. The Morgan fingerprint density at radius 1 is 1.38 bits per heavy atom. The van der Waals surface area contributed by atoms with Crippen LogP contribution in [-0.4, -0.2) is 7.11 Å². The molecular weight excluding hydrogens is 160 g/mol. The molecule has 1 atom stereocenters. The highest BCUT2D eigenvalue weighted by molar-refractivity contribution is 5.22. The van der Waals surface area contributed by atoms with Crippen molar-refractivity contribution in [3.63, 3.8) is 0 Å². The van der Waals surface area contributed by atoms with Crippen LogP contribution in [0.5, 0.6) is 0 Å². The number of ether oxygens (including phenoxy) is 1. The molecule has 1 unspecified atom stereocenters. The minimum atomic E-state index is -0.233. The second kappa shape index (κ2) is 4.24. The average molecular weight is 176 g/mol. The van der Waals surface area contributed by atoms with Gasteiger partial charge >= 0.3 is 0 Å². The van der Waals surface area contributed by atoms with Gasteiger partial charge in [-0.3, -0.25) is 0 Å². The van der Waals surface area contributed by atoms with Gasteiger partial charge in [0.05, 0.1) is 5.60 Å². The van der Waals surface area contributed by atoms with E-state index in [0.717, 1.165) is 6.42 Å². The smallest absolute Gasteiger partial charge is 0.0933 e. The molecule has 1 aromatic carbocycles. The predicted molar refractivity (Wildman–Crippen MR) is 55.6 cm³/mol. The zero-order chi connectivity index (χ0) is 9.73. The maximum atomic E-state index is 5.49. The van der Waals surface area contributed by atoms with E-state index in [0.29, 0.717) is 0 Å². The fraction of sp³-hybridized carbons (Fsp3) is 0.333. The van der Waals surface area contributed by atoms with Crippen molar-refractivity contribution >= 4 is 0 Å². The topological polar surface area (TPSA) is 9.23 Å². The molecule has 1 aromatic rings. The fourth-order valence-electron chi connectivity index (χ4n) is 1.39. The zero-order valence-electron chi connectivity index (χ0n) is 8.29. The van der Waals surface area contributed by atoms with E-state index in [1.165, 1.54) is 5.56 Å². The van der Waals surface area contributed by atoms with Gasteiger partial charge in [0.15, 0.2) is 0 Å². The fourth-order valence-corrected chi connectivity index (χ4v) is 1.39. The lowest BCUT2D eigenvalue weighted by Gasteiger charge is -2.27. The summed E-state index contributed by atoms with van der Waals surface area (Å²) < 4.78 is 5.49. The summed E-state index contributed by atoms with van der Waals surface area (Å²) in [5.41, 5.74) is 0.959. The lowest BCUT2D eigenvalue weighted by molar-refractivity contribution is 0.00462. The summed E-state index contributed by atoms with van der Waals surface area (Å²) in [7, 11) is 1.73. The van der Waals surface area contributed by atoms with Crippen LogP contribution in [0, 0.1) is 0 Å². The molecule has 13 heavy (non-hydrogen) atoms. The molecular formula is C12H16O. The van der Waals surface area contributed by atoms with Crippen molar-refractivity contribution in [2.24, 2.45) is 0 Å². The van der Waals surface area contributed by atoms with Gasteiger partial charge in [0.25, 0.3) is 0 Å². The Balaban J connectivity index is 2.95. The van der Waals surface area contributed by atoms with Gasteiger partial charge in [-0.1, -0.05) is 36.4 Å². The Kier molecular flexibility index (Phi) is 3.26. The molecule has 0 N–H and O–H groups in total. The van der Waals surface area contributed by atoms with Gasteiger partial charge in [-0.05, 0) is 18.9 Å². The van der Waals surface area contributed by atoms with Crippen molar-refractivity contribution in [3.05, 3.63) is 48.6 Å². The highest BCUT2D eigenvalue weighted by atomic mass is 16.5. The molecule has 70 valence electrons. The standard InChI is InChI=1S/C12H16O/c1-4-10-12(2,13-3)11-8-6-5-7-9-11/h4-9H,1,10H2,2-3H3. The molecule has 0 amide bonds. The van der Waals surface area contributed by atoms with Gasteiger partial charge in [0, 0.05) is 7.11 Å². The third kappa shape index (κ3) is 2.19. The van der Waals surface area contributed by atoms with Crippen LogP contribution in [0.4, 0.5) is 0 Å². The monoisotopic (exact) mass is 176 g/mol. The second-order valence-electron chi connectivity index (χ2n) is 3.29. The van der Waals surface area contributed by atoms with Crippen LogP contribution in [0.15, 0.2) is 43.0 Å². The predicted octanol–water partition coefficient (Wildman–Crippen LogP) is 3.12. The molecule has 0 spiro atoms. The van der Waals surface area contributed by atoms with Gasteiger partial charge < -0.3 is 4.74 Å². The van der Waals surface area contributed by atoms with Crippen molar-refractivity contribution in [2.75, 3.05) is 7.11 Å². The normalized spacial score (nSPS) is 14.9. The Hall–Kier alpha value is -1.08. The molecule has 0 saturated heterocycles. The number of hydrogen-bond acceptors (Lipinski definition) is 1. The number of rotatable bonds is 4. The molecule has 0 fully saturated rings. The Bertz CT molecular complexity index is 266. The first-order valence-corrected chi connectivity index (χ1v) is 4.44. The first-order chi connectivity index (χ1) is 6.23. The van der Waals surface area contributed by atoms with E-state index in [-0.39, 0.29) is 5.60 Å². The van der Waals surface area contributed by atoms with Gasteiger partial charge in [-0.2, -0.15) is 0 Å². The molecule has 1 nitrogen and oxygen atoms in total. The van der Waals surface area contributed by atoms with Crippen LogP contribution >= 0.6 is 0 Å². The summed E-state index contributed by atoms with van der Waals surface area (Å²) in [6.07, 6.45) is 2.71. The van der Waals surface area contributed by atoms with E-state index in [1.807, 2.05) is 24.3 Å². The van der Waals surface area contributed by atoms with Crippen molar-refractivity contribution in [1.82, 2.24) is 0 Å². The molecule has 0 aromatic heterocycles. The third-order valence-corrected chi connectivity index (χ3v) is 2.37. The van der Waals surface area contributed by atoms with Crippen LogP contribution in [0.1, 0.15) is 18.9 Å². The average Bonchev–Trinajstić information content (AvgIpc) is 2.19. The van der Waals surface area contributed by atoms with Crippen molar-refractivity contribution < 1.29 is 4.74 Å². The summed E-state index contributed by atoms with van der Waals surface area (Å²) in [6.45, 7) is 5.81. The van der Waals surface area contributed by atoms with Crippen molar-refractivity contribution in [1.29, 1.82) is 0 Å². The summed E-state index contributed by atoms with van der Waals surface area (Å²) >= 11 is 0. The van der Waals surface area contributed by atoms with E-state index in [2.05, 4.69) is 25.6 Å². The van der Waals surface area contributed by atoms with Gasteiger partial charge in [0.2, 0.25) is 0 Å². The van der Waals surface area contributed by atoms with E-state index in [1.54, 1.807) is 7.11 Å². The largest absolute Gasteiger partial charge is 0.373 e. The van der Waals surface area contributed by atoms with Gasteiger partial charge in [-0.25, -0.2) is 0 Å². The van der Waals surface area contributed by atoms with Crippen LogP contribution in [0.2, 0.25) is 0 Å². The number of benzene rings is 1. The molecule has 0 aliphatic carbocycles. The lowest BCUT2D eigenvalue weighted by Crippen LogP contribution is -2.23. The first kappa shape index (κ1) is 10.0. The van der Waals surface area contributed by atoms with E-state index >= 15 is 0 Å². The van der Waals surface area contributed by atoms with Gasteiger partial charge in [-0.15, -0.1) is 6.58 Å². The van der Waals surface area contributed by atoms with Crippen molar-refractivity contribution in [2.45, 2.75) is 18.9 Å².